The number of hydrogen-bond acceptors (Lipinski definition) is 6. The number of halogens is 1. The maximum atomic E-state index is 12.3. The number of rotatable bonds is 9. The Morgan fingerprint density at radius 1 is 0.951 bits per heavy atom. The highest BCUT2D eigenvalue weighted by Crippen LogP contribution is 2.34. The van der Waals surface area contributed by atoms with Crippen LogP contribution < -0.4 is 10.9 Å². The molecule has 1 aromatic heterocycles. The molecule has 0 spiro atoms. The van der Waals surface area contributed by atoms with Crippen LogP contribution in [0.5, 0.6) is 0 Å². The average Bonchev–Trinajstić information content (AvgIpc) is 2.98. The Balaban J connectivity index is 1.62. The predicted molar refractivity (Wildman–Crippen MR) is 159 cm³/mol. The molecule has 0 saturated carbocycles. The van der Waals surface area contributed by atoms with Crippen LogP contribution in [0.15, 0.2) is 88.9 Å². The molecule has 0 aliphatic carbocycles. The maximum Gasteiger partial charge on any atom is 0.325 e. The van der Waals surface area contributed by atoms with Crippen molar-refractivity contribution in [3.8, 4) is 11.1 Å². The van der Waals surface area contributed by atoms with Gasteiger partial charge in [-0.3, -0.25) is 14.4 Å². The second-order valence-electron chi connectivity index (χ2n) is 9.66. The van der Waals surface area contributed by atoms with Crippen molar-refractivity contribution >= 4 is 29.2 Å². The lowest BCUT2D eigenvalue weighted by Crippen LogP contribution is -2.30. The van der Waals surface area contributed by atoms with Gasteiger partial charge in [-0.05, 0) is 72.0 Å². The number of ether oxygens (including phenoxy) is 1. The molecular formula is C32H30ClN3O5. The van der Waals surface area contributed by atoms with Crippen molar-refractivity contribution in [1.29, 1.82) is 0 Å². The zero-order valence-electron chi connectivity index (χ0n) is 22.9. The lowest BCUT2D eigenvalue weighted by atomic mass is 9.83. The first kappa shape index (κ1) is 29.3. The summed E-state index contributed by atoms with van der Waals surface area (Å²) in [4.78, 5) is 38.2. The van der Waals surface area contributed by atoms with Gasteiger partial charge in [0.1, 0.15) is 6.54 Å². The molecule has 3 N–H and O–H groups in total. The molecule has 4 aromatic rings. The first-order valence-corrected chi connectivity index (χ1v) is 13.3. The normalized spacial score (nSPS) is 12.0. The number of H-pyrrole nitrogens is 1. The van der Waals surface area contributed by atoms with Crippen molar-refractivity contribution in [2.24, 2.45) is 5.16 Å². The van der Waals surface area contributed by atoms with E-state index in [1.54, 1.807) is 31.3 Å². The highest BCUT2D eigenvalue weighted by Gasteiger charge is 2.21. The third-order valence-corrected chi connectivity index (χ3v) is 7.20. The van der Waals surface area contributed by atoms with Crippen LogP contribution in [0, 0.1) is 13.8 Å². The molecule has 0 aliphatic heterocycles. The van der Waals surface area contributed by atoms with Crippen molar-refractivity contribution in [3.63, 3.8) is 0 Å². The van der Waals surface area contributed by atoms with Crippen LogP contribution in [0.4, 0.5) is 0 Å². The zero-order valence-corrected chi connectivity index (χ0v) is 23.7. The van der Waals surface area contributed by atoms with E-state index in [4.69, 9.17) is 11.6 Å². The lowest BCUT2D eigenvalue weighted by Gasteiger charge is -2.21. The SMILES string of the molecule is COC(=O)CNC(=O)c1ccc(-c2ccc(C(C/C(=N\O)c3c[nH]c(=O)c(C)c3)c3ccc(Cl)cc3C)cc2)cc1. The first-order valence-electron chi connectivity index (χ1n) is 12.9. The van der Waals surface area contributed by atoms with E-state index in [1.165, 1.54) is 7.11 Å². The van der Waals surface area contributed by atoms with Gasteiger partial charge in [-0.1, -0.05) is 59.2 Å². The van der Waals surface area contributed by atoms with E-state index in [2.05, 4.69) is 20.2 Å². The standard InChI is InChI=1S/C32H30ClN3O5/c1-19-15-26(33)12-13-27(19)28(16-29(36-40)25-14-20(2)31(38)34-17-25)23-8-4-21(5-9-23)22-6-10-24(11-7-22)32(39)35-18-30(37)41-3/h4-15,17,28,40H,16,18H2,1-3H3,(H,34,38)(H,35,39)/b36-29+. The van der Waals surface area contributed by atoms with E-state index in [0.717, 1.165) is 27.8 Å². The minimum Gasteiger partial charge on any atom is -0.468 e. The molecule has 0 aliphatic rings. The number of esters is 1. The monoisotopic (exact) mass is 571 g/mol. The Morgan fingerprint density at radius 3 is 2.20 bits per heavy atom. The van der Waals surface area contributed by atoms with Crippen LogP contribution in [0.1, 0.15) is 50.5 Å². The van der Waals surface area contributed by atoms with Gasteiger partial charge in [-0.15, -0.1) is 0 Å². The summed E-state index contributed by atoms with van der Waals surface area (Å²) in [6, 6.07) is 22.6. The highest BCUT2D eigenvalue weighted by molar-refractivity contribution is 6.30. The number of nitrogens with zero attached hydrogens (tertiary/aromatic N) is 1. The topological polar surface area (TPSA) is 121 Å². The fourth-order valence-corrected chi connectivity index (χ4v) is 4.89. The van der Waals surface area contributed by atoms with Gasteiger partial charge in [0, 0.05) is 40.2 Å². The van der Waals surface area contributed by atoms with Crippen LogP contribution in [-0.2, 0) is 9.53 Å². The van der Waals surface area contributed by atoms with Crippen LogP contribution >= 0.6 is 11.6 Å². The fourth-order valence-electron chi connectivity index (χ4n) is 4.66. The molecule has 41 heavy (non-hydrogen) atoms. The Labute approximate surface area is 242 Å². The van der Waals surface area contributed by atoms with Crippen LogP contribution in [0.25, 0.3) is 11.1 Å². The molecule has 0 saturated heterocycles. The Hall–Kier alpha value is -4.69. The largest absolute Gasteiger partial charge is 0.468 e. The summed E-state index contributed by atoms with van der Waals surface area (Å²) in [7, 11) is 1.26. The number of benzene rings is 3. The van der Waals surface area contributed by atoms with E-state index >= 15 is 0 Å². The fraction of sp³-hybridized carbons (Fsp3) is 0.188. The van der Waals surface area contributed by atoms with Crippen molar-refractivity contribution < 1.29 is 19.5 Å². The molecule has 3 aromatic carbocycles. The number of carbonyl (C=O) groups is 2. The summed E-state index contributed by atoms with van der Waals surface area (Å²) < 4.78 is 4.55. The van der Waals surface area contributed by atoms with Crippen molar-refractivity contribution in [2.45, 2.75) is 26.2 Å². The number of methoxy groups -OCH3 is 1. The Bertz CT molecular complexity index is 1640. The third-order valence-electron chi connectivity index (χ3n) is 6.96. The minimum atomic E-state index is -0.520. The first-order chi connectivity index (χ1) is 19.7. The van der Waals surface area contributed by atoms with Crippen molar-refractivity contribution in [3.05, 3.63) is 128 Å². The van der Waals surface area contributed by atoms with Gasteiger partial charge in [0.15, 0.2) is 0 Å². The number of oxime groups is 1. The molecule has 1 heterocycles. The zero-order chi connectivity index (χ0) is 29.5. The van der Waals surface area contributed by atoms with Gasteiger partial charge in [0.25, 0.3) is 11.5 Å². The van der Waals surface area contributed by atoms with Crippen molar-refractivity contribution in [2.75, 3.05) is 13.7 Å². The van der Waals surface area contributed by atoms with Crippen LogP contribution in [-0.4, -0.2) is 41.4 Å². The van der Waals surface area contributed by atoms with Gasteiger partial charge < -0.3 is 20.2 Å². The molecule has 210 valence electrons. The number of hydrogen-bond donors (Lipinski definition) is 3. The number of pyridine rings is 1. The maximum absolute atomic E-state index is 12.3. The van der Waals surface area contributed by atoms with Crippen molar-refractivity contribution in [1.82, 2.24) is 10.3 Å². The molecule has 1 unspecified atom stereocenters. The molecule has 0 fully saturated rings. The van der Waals surface area contributed by atoms with E-state index in [9.17, 15) is 19.6 Å². The minimum absolute atomic E-state index is 0.166. The van der Waals surface area contributed by atoms with Gasteiger partial charge in [-0.25, -0.2) is 0 Å². The number of aromatic amines is 1. The summed E-state index contributed by atoms with van der Waals surface area (Å²) in [5.74, 6) is -1.05. The molecule has 1 atom stereocenters. The summed E-state index contributed by atoms with van der Waals surface area (Å²) in [6.07, 6.45) is 1.93. The van der Waals surface area contributed by atoms with E-state index in [-0.39, 0.29) is 23.9 Å². The van der Waals surface area contributed by atoms with Crippen LogP contribution in [0.3, 0.4) is 0 Å². The highest BCUT2D eigenvalue weighted by atomic mass is 35.5. The summed E-state index contributed by atoms with van der Waals surface area (Å²) >= 11 is 6.24. The molecule has 9 heteroatoms. The number of nitrogens with one attached hydrogen (secondary N) is 2. The number of carbonyl (C=O) groups excluding carboxylic acids is 2. The second kappa shape index (κ2) is 13.1. The van der Waals surface area contributed by atoms with E-state index in [1.807, 2.05) is 61.5 Å². The molecule has 8 nitrogen and oxygen atoms in total. The quantitative estimate of drug-likeness (QED) is 0.104. The Morgan fingerprint density at radius 2 is 1.61 bits per heavy atom. The third kappa shape index (κ3) is 7.10. The Kier molecular flexibility index (Phi) is 9.37. The lowest BCUT2D eigenvalue weighted by molar-refractivity contribution is -0.139. The molecular weight excluding hydrogens is 542 g/mol. The van der Waals surface area contributed by atoms with Gasteiger partial charge in [-0.2, -0.15) is 0 Å². The molecule has 4 rings (SSSR count). The smallest absolute Gasteiger partial charge is 0.325 e. The number of amides is 1. The predicted octanol–water partition coefficient (Wildman–Crippen LogP) is 5.62. The van der Waals surface area contributed by atoms with E-state index in [0.29, 0.717) is 33.8 Å². The average molecular weight is 572 g/mol. The summed E-state index contributed by atoms with van der Waals surface area (Å²) in [5, 5.41) is 16.7. The molecule has 1 amide bonds. The molecule has 0 bridgehead atoms. The van der Waals surface area contributed by atoms with E-state index < -0.39 is 5.97 Å². The van der Waals surface area contributed by atoms with Gasteiger partial charge in [0.05, 0.1) is 12.8 Å². The molecule has 0 radical (unpaired) electrons. The summed E-state index contributed by atoms with van der Waals surface area (Å²) in [5.41, 5.74) is 6.74. The van der Waals surface area contributed by atoms with Gasteiger partial charge in [0.2, 0.25) is 0 Å². The van der Waals surface area contributed by atoms with Crippen LogP contribution in [0.2, 0.25) is 5.02 Å². The van der Waals surface area contributed by atoms with Gasteiger partial charge >= 0.3 is 5.97 Å². The number of aromatic nitrogens is 1. The number of aryl methyl sites for hydroxylation is 2. The summed E-state index contributed by atoms with van der Waals surface area (Å²) in [6.45, 7) is 3.50. The second-order valence-corrected chi connectivity index (χ2v) is 10.1.